The van der Waals surface area contributed by atoms with Gasteiger partial charge in [-0.25, -0.2) is 9.79 Å². The van der Waals surface area contributed by atoms with Crippen LogP contribution in [0.4, 0.5) is 5.69 Å². The highest BCUT2D eigenvalue weighted by Gasteiger charge is 2.32. The molecule has 0 bridgehead atoms. The highest BCUT2D eigenvalue weighted by Crippen LogP contribution is 2.39. The van der Waals surface area contributed by atoms with Gasteiger partial charge in [-0.2, -0.15) is 0 Å². The number of benzene rings is 2. The van der Waals surface area contributed by atoms with Gasteiger partial charge in [-0.15, -0.1) is 0 Å². The summed E-state index contributed by atoms with van der Waals surface area (Å²) in [6, 6.07) is 10.0. The summed E-state index contributed by atoms with van der Waals surface area (Å²) >= 11 is 4.80. The number of ether oxygens (including phenoxy) is 2. The third-order valence-corrected chi connectivity index (χ3v) is 6.41. The van der Waals surface area contributed by atoms with Crippen molar-refractivity contribution in [1.29, 1.82) is 0 Å². The van der Waals surface area contributed by atoms with Crippen LogP contribution < -0.4 is 9.47 Å². The van der Waals surface area contributed by atoms with Crippen molar-refractivity contribution in [3.63, 3.8) is 0 Å². The molecule has 1 N–H and O–H groups in total. The van der Waals surface area contributed by atoms with Gasteiger partial charge < -0.3 is 14.6 Å². The van der Waals surface area contributed by atoms with Crippen molar-refractivity contribution < 1.29 is 24.2 Å². The first-order valence-corrected chi connectivity index (χ1v) is 12.1. The molecule has 2 aromatic rings. The van der Waals surface area contributed by atoms with E-state index >= 15 is 0 Å². The second-order valence-electron chi connectivity index (χ2n) is 7.15. The quantitative estimate of drug-likeness (QED) is 0.316. The van der Waals surface area contributed by atoms with Crippen LogP contribution in [0.15, 0.2) is 50.8 Å². The van der Waals surface area contributed by atoms with E-state index in [0.29, 0.717) is 40.4 Å². The third kappa shape index (κ3) is 5.97. The number of aliphatic imine (C=N–C) groups is 1. The second-order valence-corrected chi connectivity index (χ2v) is 9.01. The first-order chi connectivity index (χ1) is 15.9. The minimum atomic E-state index is -1.03. The zero-order valence-electron chi connectivity index (χ0n) is 18.6. The Morgan fingerprint density at radius 3 is 2.73 bits per heavy atom. The lowest BCUT2D eigenvalue weighted by atomic mass is 10.2. The molecule has 9 heteroatoms. The number of carbonyl (C=O) groups is 2. The van der Waals surface area contributed by atoms with E-state index in [0.717, 1.165) is 22.9 Å². The van der Waals surface area contributed by atoms with E-state index in [-0.39, 0.29) is 11.5 Å². The maximum Gasteiger partial charge on any atom is 0.335 e. The number of thioether (sulfide) groups is 1. The Kier molecular flexibility index (Phi) is 8.57. The van der Waals surface area contributed by atoms with Gasteiger partial charge in [0.15, 0.2) is 16.7 Å². The van der Waals surface area contributed by atoms with Crippen LogP contribution in [0.25, 0.3) is 6.08 Å². The minimum absolute atomic E-state index is 0.142. The van der Waals surface area contributed by atoms with E-state index in [2.05, 4.69) is 27.8 Å². The third-order valence-electron chi connectivity index (χ3n) is 4.82. The van der Waals surface area contributed by atoms with Crippen LogP contribution in [0, 0.1) is 0 Å². The molecule has 0 aromatic heterocycles. The summed E-state index contributed by atoms with van der Waals surface area (Å²) in [4.78, 5) is 30.8. The van der Waals surface area contributed by atoms with Gasteiger partial charge >= 0.3 is 5.97 Å². The van der Waals surface area contributed by atoms with Crippen LogP contribution in [-0.2, 0) is 4.79 Å². The number of halogens is 1. The van der Waals surface area contributed by atoms with E-state index in [4.69, 9.17) is 9.47 Å². The molecule has 0 spiro atoms. The standard InChI is InChI=1S/C24H25BrN2O5S/c1-4-6-10-32-21-18(25)11-15(12-19(21)31-3)13-20-22(28)27(5-2)24(33-20)26-17-9-7-8-16(14-17)23(29)30/h7-9,11-14H,4-6,10H2,1-3H3,(H,29,30)/b20-13+,26-24?. The number of rotatable bonds is 9. The SMILES string of the molecule is CCCCOc1c(Br)cc(/C=C2/SC(=Nc3cccc(C(=O)O)c3)N(CC)C2=O)cc1OC. The van der Waals surface area contributed by atoms with Crippen LogP contribution in [0.3, 0.4) is 0 Å². The smallest absolute Gasteiger partial charge is 0.335 e. The molecule has 7 nitrogen and oxygen atoms in total. The topological polar surface area (TPSA) is 88.4 Å². The molecule has 0 saturated carbocycles. The fraction of sp³-hybridized carbons (Fsp3) is 0.292. The average molecular weight is 533 g/mol. The number of amides is 1. The highest BCUT2D eigenvalue weighted by molar-refractivity contribution is 9.10. The molecule has 0 atom stereocenters. The summed E-state index contributed by atoms with van der Waals surface area (Å²) in [5.41, 5.74) is 1.40. The van der Waals surface area contributed by atoms with E-state index in [9.17, 15) is 14.7 Å². The fourth-order valence-electron chi connectivity index (χ4n) is 3.12. The number of nitrogens with zero attached hydrogens (tertiary/aromatic N) is 2. The molecule has 0 radical (unpaired) electrons. The second kappa shape index (κ2) is 11.4. The van der Waals surface area contributed by atoms with E-state index in [1.807, 2.05) is 19.1 Å². The van der Waals surface area contributed by atoms with Crippen LogP contribution >= 0.6 is 27.7 Å². The lowest BCUT2D eigenvalue weighted by Gasteiger charge is -2.13. The molecular formula is C24H25BrN2O5S. The Balaban J connectivity index is 1.91. The molecule has 0 aliphatic carbocycles. The summed E-state index contributed by atoms with van der Waals surface area (Å²) in [5.74, 6) is 0.0273. The van der Waals surface area contributed by atoms with E-state index < -0.39 is 5.97 Å². The maximum absolute atomic E-state index is 13.0. The van der Waals surface area contributed by atoms with Gasteiger partial charge in [0.25, 0.3) is 5.91 Å². The molecule has 33 heavy (non-hydrogen) atoms. The summed E-state index contributed by atoms with van der Waals surface area (Å²) in [5, 5.41) is 9.71. The van der Waals surface area contributed by atoms with Gasteiger partial charge in [-0.3, -0.25) is 9.69 Å². The van der Waals surface area contributed by atoms with Gasteiger partial charge in [0.1, 0.15) is 0 Å². The van der Waals surface area contributed by atoms with Crippen molar-refractivity contribution in [2.75, 3.05) is 20.3 Å². The normalized spacial score (nSPS) is 16.0. The van der Waals surface area contributed by atoms with Gasteiger partial charge in [0.2, 0.25) is 0 Å². The summed E-state index contributed by atoms with van der Waals surface area (Å²) in [7, 11) is 1.58. The van der Waals surface area contributed by atoms with Gasteiger partial charge in [0, 0.05) is 6.54 Å². The Labute approximate surface area is 205 Å². The largest absolute Gasteiger partial charge is 0.493 e. The molecular weight excluding hydrogens is 508 g/mol. The van der Waals surface area contributed by atoms with Crippen LogP contribution in [-0.4, -0.2) is 47.3 Å². The van der Waals surface area contributed by atoms with Crippen molar-refractivity contribution in [3.05, 3.63) is 56.9 Å². The summed E-state index contributed by atoms with van der Waals surface area (Å²) in [6.07, 6.45) is 3.76. The Hall–Kier alpha value is -2.78. The number of unbranched alkanes of at least 4 members (excludes halogenated alkanes) is 1. The number of carboxylic acid groups (broad SMARTS) is 1. The van der Waals surface area contributed by atoms with Crippen molar-refractivity contribution in [2.45, 2.75) is 26.7 Å². The zero-order chi connectivity index (χ0) is 24.0. The first-order valence-electron chi connectivity index (χ1n) is 10.5. The van der Waals surface area contributed by atoms with Crippen molar-refractivity contribution in [1.82, 2.24) is 4.90 Å². The molecule has 0 unspecified atom stereocenters. The number of methoxy groups -OCH3 is 1. The van der Waals surface area contributed by atoms with Crippen LogP contribution in [0.2, 0.25) is 0 Å². The number of carboxylic acids is 1. The molecule has 1 fully saturated rings. The number of amidine groups is 1. The number of aromatic carboxylic acids is 1. The molecule has 1 aliphatic rings. The lowest BCUT2D eigenvalue weighted by Crippen LogP contribution is -2.28. The molecule has 3 rings (SSSR count). The predicted octanol–water partition coefficient (Wildman–Crippen LogP) is 5.96. The van der Waals surface area contributed by atoms with Gasteiger partial charge in [0.05, 0.1) is 34.3 Å². The highest BCUT2D eigenvalue weighted by atomic mass is 79.9. The number of likely N-dealkylation sites (N-methyl/N-ethyl adjacent to an activating group) is 1. The van der Waals surface area contributed by atoms with Crippen molar-refractivity contribution in [2.24, 2.45) is 4.99 Å². The van der Waals surface area contributed by atoms with Gasteiger partial charge in [-0.05, 0) is 83.0 Å². The predicted molar refractivity (Wildman–Crippen MR) is 135 cm³/mol. The zero-order valence-corrected chi connectivity index (χ0v) is 21.0. The van der Waals surface area contributed by atoms with Crippen LogP contribution in [0.1, 0.15) is 42.6 Å². The van der Waals surface area contributed by atoms with E-state index in [1.165, 1.54) is 23.9 Å². The van der Waals surface area contributed by atoms with Gasteiger partial charge in [-0.1, -0.05) is 19.4 Å². The molecule has 1 amide bonds. The lowest BCUT2D eigenvalue weighted by molar-refractivity contribution is -0.122. The Bertz CT molecular complexity index is 1120. The minimum Gasteiger partial charge on any atom is -0.493 e. The molecule has 174 valence electrons. The summed E-state index contributed by atoms with van der Waals surface area (Å²) < 4.78 is 12.1. The molecule has 1 heterocycles. The first kappa shape index (κ1) is 24.9. The van der Waals surface area contributed by atoms with Crippen LogP contribution in [0.5, 0.6) is 11.5 Å². The fourth-order valence-corrected chi connectivity index (χ4v) is 4.76. The van der Waals surface area contributed by atoms with E-state index in [1.54, 1.807) is 30.2 Å². The number of hydrogen-bond donors (Lipinski definition) is 1. The maximum atomic E-state index is 13.0. The number of carbonyl (C=O) groups excluding carboxylic acids is 1. The Morgan fingerprint density at radius 1 is 1.27 bits per heavy atom. The summed E-state index contributed by atoms with van der Waals surface area (Å²) in [6.45, 7) is 5.00. The number of hydrogen-bond acceptors (Lipinski definition) is 6. The van der Waals surface area contributed by atoms with Crippen molar-refractivity contribution >= 4 is 56.5 Å². The Morgan fingerprint density at radius 2 is 2.06 bits per heavy atom. The van der Waals surface area contributed by atoms with Crippen molar-refractivity contribution in [3.8, 4) is 11.5 Å². The molecule has 1 saturated heterocycles. The molecule has 1 aliphatic heterocycles. The average Bonchev–Trinajstić information content (AvgIpc) is 3.08. The monoisotopic (exact) mass is 532 g/mol. The molecule has 2 aromatic carbocycles.